The van der Waals surface area contributed by atoms with Gasteiger partial charge >= 0.3 is 5.97 Å². The molecule has 0 radical (unpaired) electrons. The molecule has 0 bridgehead atoms. The van der Waals surface area contributed by atoms with Gasteiger partial charge in [-0.15, -0.1) is 0 Å². The normalized spacial score (nSPS) is 11.0. The van der Waals surface area contributed by atoms with E-state index in [0.29, 0.717) is 23.6 Å². The highest BCUT2D eigenvalue weighted by Crippen LogP contribution is 2.22. The first kappa shape index (κ1) is 26.0. The molecule has 0 atom stereocenters. The fourth-order valence-electron chi connectivity index (χ4n) is 2.88. The molecule has 184 valence electrons. The van der Waals surface area contributed by atoms with E-state index in [1.165, 1.54) is 36.4 Å². The number of ether oxygens (including phenoxy) is 2. The lowest BCUT2D eigenvalue weighted by atomic mass is 10.2. The van der Waals surface area contributed by atoms with Gasteiger partial charge in [0, 0.05) is 5.69 Å². The number of hydrogen-bond donors (Lipinski definition) is 2. The quantitative estimate of drug-likeness (QED) is 0.236. The van der Waals surface area contributed by atoms with Crippen LogP contribution in [-0.4, -0.2) is 49.2 Å². The Bertz CT molecular complexity index is 1350. The molecule has 3 aromatic rings. The Morgan fingerprint density at radius 1 is 1.03 bits per heavy atom. The van der Waals surface area contributed by atoms with Crippen molar-refractivity contribution >= 4 is 39.2 Å². The fourth-order valence-corrected chi connectivity index (χ4v) is 4.74. The SMILES string of the molecule is CCOC(=O)c1ccc(NC(=O)CSc2ncc(S(=O)(=O)c3ccc(OCC)cc3)c(=O)[nH]2)cc1. The van der Waals surface area contributed by atoms with E-state index in [0.717, 1.165) is 18.0 Å². The van der Waals surface area contributed by atoms with Crippen LogP contribution in [0.25, 0.3) is 0 Å². The van der Waals surface area contributed by atoms with E-state index in [9.17, 15) is 22.8 Å². The van der Waals surface area contributed by atoms with Crippen LogP contribution in [0, 0.1) is 0 Å². The minimum atomic E-state index is -4.09. The van der Waals surface area contributed by atoms with Gasteiger partial charge in [0.1, 0.15) is 5.75 Å². The Morgan fingerprint density at radius 2 is 1.71 bits per heavy atom. The highest BCUT2D eigenvalue weighted by atomic mass is 32.2. The number of aromatic nitrogens is 2. The molecule has 0 fully saturated rings. The molecule has 1 heterocycles. The van der Waals surface area contributed by atoms with E-state index in [2.05, 4.69) is 15.3 Å². The van der Waals surface area contributed by atoms with Gasteiger partial charge in [-0.05, 0) is 62.4 Å². The summed E-state index contributed by atoms with van der Waals surface area (Å²) in [7, 11) is -4.09. The molecule has 0 spiro atoms. The first-order valence-electron chi connectivity index (χ1n) is 10.5. The maximum Gasteiger partial charge on any atom is 0.338 e. The van der Waals surface area contributed by atoms with Gasteiger partial charge < -0.3 is 19.8 Å². The van der Waals surface area contributed by atoms with Crippen molar-refractivity contribution in [3.8, 4) is 5.75 Å². The van der Waals surface area contributed by atoms with Crippen LogP contribution in [0.3, 0.4) is 0 Å². The molecule has 2 aromatic carbocycles. The summed E-state index contributed by atoms with van der Waals surface area (Å²) >= 11 is 0.935. The molecular formula is C23H23N3O7S2. The van der Waals surface area contributed by atoms with Crippen LogP contribution >= 0.6 is 11.8 Å². The monoisotopic (exact) mass is 517 g/mol. The Kier molecular flexibility index (Phi) is 8.66. The molecule has 1 aromatic heterocycles. The summed E-state index contributed by atoms with van der Waals surface area (Å²) in [6, 6.07) is 11.9. The molecule has 0 saturated heterocycles. The number of benzene rings is 2. The van der Waals surface area contributed by atoms with Gasteiger partial charge in [-0.3, -0.25) is 9.59 Å². The van der Waals surface area contributed by atoms with E-state index in [1.54, 1.807) is 19.1 Å². The molecule has 35 heavy (non-hydrogen) atoms. The highest BCUT2D eigenvalue weighted by molar-refractivity contribution is 7.99. The second kappa shape index (κ2) is 11.7. The number of sulfone groups is 1. The van der Waals surface area contributed by atoms with Gasteiger partial charge in [-0.25, -0.2) is 18.2 Å². The molecule has 2 N–H and O–H groups in total. The third-order valence-corrected chi connectivity index (χ3v) is 7.15. The lowest BCUT2D eigenvalue weighted by Gasteiger charge is -2.08. The van der Waals surface area contributed by atoms with Crippen LogP contribution in [0.2, 0.25) is 0 Å². The lowest BCUT2D eigenvalue weighted by molar-refractivity contribution is -0.113. The summed E-state index contributed by atoms with van der Waals surface area (Å²) in [5.41, 5.74) is -0.00507. The van der Waals surface area contributed by atoms with Crippen LogP contribution in [-0.2, 0) is 19.4 Å². The summed E-state index contributed by atoms with van der Waals surface area (Å²) < 4.78 is 35.8. The molecule has 0 unspecified atom stereocenters. The number of aromatic amines is 1. The van der Waals surface area contributed by atoms with Gasteiger partial charge in [-0.2, -0.15) is 0 Å². The third-order valence-electron chi connectivity index (χ3n) is 4.50. The Morgan fingerprint density at radius 3 is 2.31 bits per heavy atom. The van der Waals surface area contributed by atoms with Crippen LogP contribution < -0.4 is 15.6 Å². The van der Waals surface area contributed by atoms with Crippen molar-refractivity contribution in [2.24, 2.45) is 0 Å². The number of carbonyl (C=O) groups excluding carboxylic acids is 2. The van der Waals surface area contributed by atoms with E-state index < -0.39 is 26.3 Å². The molecule has 1 amide bonds. The summed E-state index contributed by atoms with van der Waals surface area (Å²) in [5, 5.41) is 2.75. The van der Waals surface area contributed by atoms with Crippen LogP contribution in [0.1, 0.15) is 24.2 Å². The minimum Gasteiger partial charge on any atom is -0.494 e. The molecule has 0 saturated carbocycles. The smallest absolute Gasteiger partial charge is 0.338 e. The van der Waals surface area contributed by atoms with E-state index in [4.69, 9.17) is 9.47 Å². The van der Waals surface area contributed by atoms with Gasteiger partial charge in [0.2, 0.25) is 15.7 Å². The zero-order valence-corrected chi connectivity index (χ0v) is 20.6. The zero-order valence-electron chi connectivity index (χ0n) is 18.9. The molecule has 12 heteroatoms. The van der Waals surface area contributed by atoms with Crippen molar-refractivity contribution < 1.29 is 27.5 Å². The predicted molar refractivity (Wildman–Crippen MR) is 130 cm³/mol. The summed E-state index contributed by atoms with van der Waals surface area (Å²) in [4.78, 5) is 42.2. The van der Waals surface area contributed by atoms with Crippen molar-refractivity contribution in [1.82, 2.24) is 9.97 Å². The number of anilines is 1. The van der Waals surface area contributed by atoms with Crippen molar-refractivity contribution in [3.05, 3.63) is 70.6 Å². The number of carbonyl (C=O) groups is 2. The Hall–Kier alpha value is -3.64. The number of esters is 1. The first-order chi connectivity index (χ1) is 16.7. The topological polar surface area (TPSA) is 145 Å². The highest BCUT2D eigenvalue weighted by Gasteiger charge is 2.22. The standard InChI is InChI=1S/C23H23N3O7S2/c1-3-32-17-9-11-18(12-10-17)35(30,31)19-13-24-23(26-21(19)28)34-14-20(27)25-16-7-5-15(6-8-16)22(29)33-4-2/h5-13H,3-4,14H2,1-2H3,(H,25,27)(H,24,26,28). The number of nitrogens with one attached hydrogen (secondary N) is 2. The van der Waals surface area contributed by atoms with Crippen molar-refractivity contribution in [3.63, 3.8) is 0 Å². The van der Waals surface area contributed by atoms with Gasteiger partial charge in [0.25, 0.3) is 5.56 Å². The molecule has 10 nitrogen and oxygen atoms in total. The number of amides is 1. The first-order valence-corrected chi connectivity index (χ1v) is 13.0. The number of thioether (sulfide) groups is 1. The largest absolute Gasteiger partial charge is 0.494 e. The molecule has 0 aliphatic heterocycles. The van der Waals surface area contributed by atoms with E-state index in [1.807, 2.05) is 6.92 Å². The molecule has 0 aliphatic carbocycles. The van der Waals surface area contributed by atoms with Crippen molar-refractivity contribution in [2.45, 2.75) is 28.8 Å². The average Bonchev–Trinajstić information content (AvgIpc) is 2.84. The second-order valence-corrected chi connectivity index (χ2v) is 9.81. The summed E-state index contributed by atoms with van der Waals surface area (Å²) in [6.45, 7) is 4.22. The number of rotatable bonds is 10. The lowest BCUT2D eigenvalue weighted by Crippen LogP contribution is -2.20. The Labute approximate surface area is 206 Å². The molecular weight excluding hydrogens is 494 g/mol. The Balaban J connectivity index is 1.62. The van der Waals surface area contributed by atoms with E-state index >= 15 is 0 Å². The number of H-pyrrole nitrogens is 1. The maximum absolute atomic E-state index is 12.8. The van der Waals surface area contributed by atoms with Crippen LogP contribution in [0.15, 0.2) is 74.5 Å². The molecule has 3 rings (SSSR count). The van der Waals surface area contributed by atoms with Crippen LogP contribution in [0.4, 0.5) is 5.69 Å². The van der Waals surface area contributed by atoms with Crippen molar-refractivity contribution in [2.75, 3.05) is 24.3 Å². The van der Waals surface area contributed by atoms with Gasteiger partial charge in [0.05, 0.1) is 35.6 Å². The molecule has 0 aliphatic rings. The number of nitrogens with zero attached hydrogens (tertiary/aromatic N) is 1. The number of hydrogen-bond acceptors (Lipinski definition) is 9. The van der Waals surface area contributed by atoms with Crippen molar-refractivity contribution in [1.29, 1.82) is 0 Å². The zero-order chi connectivity index (χ0) is 25.4. The summed E-state index contributed by atoms with van der Waals surface area (Å²) in [5.74, 6) is -0.414. The van der Waals surface area contributed by atoms with Crippen LogP contribution in [0.5, 0.6) is 5.75 Å². The van der Waals surface area contributed by atoms with E-state index in [-0.39, 0.29) is 28.3 Å². The second-order valence-electron chi connectivity index (χ2n) is 6.92. The summed E-state index contributed by atoms with van der Waals surface area (Å²) in [6.07, 6.45) is 0.971. The third kappa shape index (κ3) is 6.70. The average molecular weight is 518 g/mol. The minimum absolute atomic E-state index is 0.0676. The van der Waals surface area contributed by atoms with Gasteiger partial charge in [0.15, 0.2) is 10.1 Å². The fraction of sp³-hybridized carbons (Fsp3) is 0.217. The van der Waals surface area contributed by atoms with Gasteiger partial charge in [-0.1, -0.05) is 11.8 Å². The maximum atomic E-state index is 12.8. The predicted octanol–water partition coefficient (Wildman–Crippen LogP) is 2.91.